The van der Waals surface area contributed by atoms with E-state index in [0.29, 0.717) is 5.56 Å². The van der Waals surface area contributed by atoms with Crippen LogP contribution in [0.2, 0.25) is 0 Å². The number of hydrogen-bond acceptors (Lipinski definition) is 2. The lowest BCUT2D eigenvalue weighted by Crippen LogP contribution is -2.16. The molecule has 2 aromatic rings. The third kappa shape index (κ3) is 4.92. The van der Waals surface area contributed by atoms with Crippen LogP contribution in [0.5, 0.6) is 0 Å². The van der Waals surface area contributed by atoms with Gasteiger partial charge in [0.05, 0.1) is 11.3 Å². The topological polar surface area (TPSA) is 36.7 Å². The van der Waals surface area contributed by atoms with Crippen molar-refractivity contribution < 1.29 is 0 Å². The highest BCUT2D eigenvalue weighted by atomic mass is 14.7. The number of nitriles is 1. The summed E-state index contributed by atoms with van der Waals surface area (Å²) in [7, 11) is 0. The predicted octanol–water partition coefficient (Wildman–Crippen LogP) is 6.16. The molecular weight excluding hydrogens is 304 g/mol. The van der Waals surface area contributed by atoms with E-state index in [4.69, 9.17) is 5.26 Å². The van der Waals surface area contributed by atoms with Crippen LogP contribution in [0.15, 0.2) is 42.6 Å². The summed E-state index contributed by atoms with van der Waals surface area (Å²) < 4.78 is 0. The largest absolute Gasteiger partial charge is 0.255 e. The lowest BCUT2D eigenvalue weighted by Gasteiger charge is -2.29. The van der Waals surface area contributed by atoms with Gasteiger partial charge in [0, 0.05) is 11.8 Å². The lowest BCUT2D eigenvalue weighted by atomic mass is 9.77. The van der Waals surface area contributed by atoms with E-state index >= 15 is 0 Å². The molecule has 3 rings (SSSR count). The maximum absolute atomic E-state index is 8.86. The van der Waals surface area contributed by atoms with Gasteiger partial charge in [-0.15, -0.1) is 0 Å². The minimum absolute atomic E-state index is 0.606. The fraction of sp³-hybridized carbons (Fsp3) is 0.478. The number of benzene rings is 1. The molecule has 1 aliphatic carbocycles. The molecule has 2 nitrogen and oxygen atoms in total. The van der Waals surface area contributed by atoms with Crippen molar-refractivity contribution in [2.75, 3.05) is 0 Å². The maximum Gasteiger partial charge on any atom is 0.101 e. The van der Waals surface area contributed by atoms with Crippen LogP contribution in [-0.2, 0) is 6.42 Å². The Labute approximate surface area is 151 Å². The SMILES string of the molecule is CCCC1CCCC(CCc2ccc(-c3ccc(C#N)cn3)cc2)C1. The first-order valence-corrected chi connectivity index (χ1v) is 9.74. The average molecular weight is 332 g/mol. The third-order valence-electron chi connectivity index (χ3n) is 5.57. The van der Waals surface area contributed by atoms with Crippen molar-refractivity contribution in [1.29, 1.82) is 5.26 Å². The summed E-state index contributed by atoms with van der Waals surface area (Å²) in [5.74, 6) is 1.90. The molecule has 1 saturated carbocycles. The molecule has 0 spiro atoms. The summed E-state index contributed by atoms with van der Waals surface area (Å²) >= 11 is 0. The third-order valence-corrected chi connectivity index (χ3v) is 5.57. The first-order chi connectivity index (χ1) is 12.3. The first-order valence-electron chi connectivity index (χ1n) is 9.74. The van der Waals surface area contributed by atoms with Crippen LogP contribution in [0.3, 0.4) is 0 Å². The van der Waals surface area contributed by atoms with Crippen molar-refractivity contribution in [3.63, 3.8) is 0 Å². The first kappa shape index (κ1) is 17.7. The van der Waals surface area contributed by atoms with Gasteiger partial charge < -0.3 is 0 Å². The van der Waals surface area contributed by atoms with E-state index in [1.54, 1.807) is 6.20 Å². The summed E-state index contributed by atoms with van der Waals surface area (Å²) in [6, 6.07) is 14.6. The molecule has 0 saturated heterocycles. The van der Waals surface area contributed by atoms with Crippen molar-refractivity contribution in [1.82, 2.24) is 4.98 Å². The summed E-state index contributed by atoms with van der Waals surface area (Å²) in [5.41, 5.74) is 4.08. The zero-order valence-electron chi connectivity index (χ0n) is 15.2. The second-order valence-electron chi connectivity index (χ2n) is 7.47. The average Bonchev–Trinajstić information content (AvgIpc) is 2.67. The molecule has 1 aromatic heterocycles. The minimum atomic E-state index is 0.606. The van der Waals surface area contributed by atoms with Crippen molar-refractivity contribution in [2.24, 2.45) is 11.8 Å². The van der Waals surface area contributed by atoms with E-state index in [-0.39, 0.29) is 0 Å². The molecule has 25 heavy (non-hydrogen) atoms. The van der Waals surface area contributed by atoms with Crippen LogP contribution < -0.4 is 0 Å². The Morgan fingerprint density at radius 2 is 1.80 bits per heavy atom. The molecule has 2 heteroatoms. The number of aromatic nitrogens is 1. The van der Waals surface area contributed by atoms with Crippen molar-refractivity contribution >= 4 is 0 Å². The van der Waals surface area contributed by atoms with E-state index in [2.05, 4.69) is 42.2 Å². The molecule has 1 aliphatic rings. The number of pyridine rings is 1. The lowest BCUT2D eigenvalue weighted by molar-refractivity contribution is 0.243. The van der Waals surface area contributed by atoms with Crippen molar-refractivity contribution in [2.45, 2.75) is 58.3 Å². The molecule has 130 valence electrons. The maximum atomic E-state index is 8.86. The molecule has 0 aliphatic heterocycles. The monoisotopic (exact) mass is 332 g/mol. The molecule has 0 radical (unpaired) electrons. The van der Waals surface area contributed by atoms with Gasteiger partial charge >= 0.3 is 0 Å². The second-order valence-corrected chi connectivity index (χ2v) is 7.47. The second kappa shape index (κ2) is 8.81. The highest BCUT2D eigenvalue weighted by Crippen LogP contribution is 2.34. The van der Waals surface area contributed by atoms with Gasteiger partial charge in [-0.05, 0) is 48.8 Å². The molecule has 0 N–H and O–H groups in total. The molecule has 2 unspecified atom stereocenters. The van der Waals surface area contributed by atoms with E-state index in [1.165, 1.54) is 56.9 Å². The zero-order valence-corrected chi connectivity index (χ0v) is 15.2. The fourth-order valence-electron chi connectivity index (χ4n) is 4.18. The standard InChI is InChI=1S/C23H28N2/c1-2-4-19-5-3-6-20(15-19)8-7-18-9-12-22(13-10-18)23-14-11-21(16-24)17-25-23/h9-14,17,19-20H,2-8,15H2,1H3. The van der Waals surface area contributed by atoms with E-state index < -0.39 is 0 Å². The molecule has 1 fully saturated rings. The Balaban J connectivity index is 1.54. The Hall–Kier alpha value is -2.14. The molecule has 0 amide bonds. The van der Waals surface area contributed by atoms with Crippen LogP contribution in [0.1, 0.15) is 63.0 Å². The van der Waals surface area contributed by atoms with Crippen LogP contribution in [0.25, 0.3) is 11.3 Å². The predicted molar refractivity (Wildman–Crippen MR) is 103 cm³/mol. The quantitative estimate of drug-likeness (QED) is 0.635. The number of nitrogens with zero attached hydrogens (tertiary/aromatic N) is 2. The van der Waals surface area contributed by atoms with E-state index in [1.807, 2.05) is 12.1 Å². The molecular formula is C23H28N2. The summed E-state index contributed by atoms with van der Waals surface area (Å²) in [5, 5.41) is 8.86. The van der Waals surface area contributed by atoms with Crippen molar-refractivity contribution in [3.8, 4) is 17.3 Å². The fourth-order valence-corrected chi connectivity index (χ4v) is 4.18. The van der Waals surface area contributed by atoms with E-state index in [9.17, 15) is 0 Å². The van der Waals surface area contributed by atoms with E-state index in [0.717, 1.165) is 23.1 Å². The van der Waals surface area contributed by atoms with Crippen LogP contribution in [0.4, 0.5) is 0 Å². The number of rotatable bonds is 6. The summed E-state index contributed by atoms with van der Waals surface area (Å²) in [6.07, 6.45) is 12.7. The highest BCUT2D eigenvalue weighted by molar-refractivity contribution is 5.59. The van der Waals surface area contributed by atoms with Gasteiger partial charge in [0.25, 0.3) is 0 Å². The smallest absolute Gasteiger partial charge is 0.101 e. The zero-order chi connectivity index (χ0) is 17.5. The highest BCUT2D eigenvalue weighted by Gasteiger charge is 2.21. The molecule has 1 heterocycles. The van der Waals surface area contributed by atoms with Gasteiger partial charge in [-0.1, -0.05) is 63.3 Å². The molecule has 2 atom stereocenters. The van der Waals surface area contributed by atoms with Gasteiger partial charge in [-0.2, -0.15) is 5.26 Å². The summed E-state index contributed by atoms with van der Waals surface area (Å²) in [6.45, 7) is 2.31. The van der Waals surface area contributed by atoms with Gasteiger partial charge in [-0.3, -0.25) is 4.98 Å². The molecule has 1 aromatic carbocycles. The minimum Gasteiger partial charge on any atom is -0.255 e. The van der Waals surface area contributed by atoms with Crippen molar-refractivity contribution in [3.05, 3.63) is 53.7 Å². The summed E-state index contributed by atoms with van der Waals surface area (Å²) in [4.78, 5) is 4.37. The Morgan fingerprint density at radius 1 is 1.04 bits per heavy atom. The Kier molecular flexibility index (Phi) is 6.23. The van der Waals surface area contributed by atoms with Gasteiger partial charge in [0.2, 0.25) is 0 Å². The normalized spacial score (nSPS) is 20.2. The van der Waals surface area contributed by atoms with Crippen LogP contribution >= 0.6 is 0 Å². The van der Waals surface area contributed by atoms with Gasteiger partial charge in [-0.25, -0.2) is 0 Å². The van der Waals surface area contributed by atoms with Gasteiger partial charge in [0.15, 0.2) is 0 Å². The number of hydrogen-bond donors (Lipinski definition) is 0. The number of aryl methyl sites for hydroxylation is 1. The van der Waals surface area contributed by atoms with Gasteiger partial charge in [0.1, 0.15) is 6.07 Å². The van der Waals surface area contributed by atoms with Crippen LogP contribution in [0, 0.1) is 23.2 Å². The van der Waals surface area contributed by atoms with Crippen LogP contribution in [-0.4, -0.2) is 4.98 Å². The Morgan fingerprint density at radius 3 is 2.44 bits per heavy atom. The molecule has 0 bridgehead atoms. The Bertz CT molecular complexity index is 692.